The van der Waals surface area contributed by atoms with Crippen LogP contribution in [0.25, 0.3) is 0 Å². The van der Waals surface area contributed by atoms with E-state index in [1.165, 1.54) is 11.8 Å². The molecule has 116 valence electrons. The molecule has 2 heterocycles. The minimum atomic E-state index is -0.386. The fourth-order valence-electron chi connectivity index (χ4n) is 2.87. The van der Waals surface area contributed by atoms with E-state index in [1.54, 1.807) is 7.05 Å². The van der Waals surface area contributed by atoms with E-state index in [4.69, 9.17) is 4.74 Å². The van der Waals surface area contributed by atoms with Gasteiger partial charge in [0.1, 0.15) is 5.69 Å². The maximum atomic E-state index is 11.7. The Hall–Kier alpha value is -2.12. The molecular formula is C13H20N4O4. The van der Waals surface area contributed by atoms with Gasteiger partial charge in [-0.15, -0.1) is 0 Å². The summed E-state index contributed by atoms with van der Waals surface area (Å²) in [5, 5.41) is 15.6. The van der Waals surface area contributed by atoms with Crippen LogP contribution in [0.5, 0.6) is 0 Å². The molecule has 2 rings (SSSR count). The normalized spacial score (nSPS) is 18.6. The maximum absolute atomic E-state index is 11.7. The predicted molar refractivity (Wildman–Crippen MR) is 76.2 cm³/mol. The minimum absolute atomic E-state index is 0.0468. The van der Waals surface area contributed by atoms with Crippen LogP contribution in [0.1, 0.15) is 25.5 Å². The van der Waals surface area contributed by atoms with Crippen molar-refractivity contribution >= 4 is 17.5 Å². The molecule has 1 unspecified atom stereocenters. The van der Waals surface area contributed by atoms with Crippen LogP contribution in [-0.4, -0.2) is 40.9 Å². The van der Waals surface area contributed by atoms with E-state index in [-0.39, 0.29) is 22.5 Å². The van der Waals surface area contributed by atoms with Gasteiger partial charge >= 0.3 is 11.7 Å². The van der Waals surface area contributed by atoms with Crippen molar-refractivity contribution in [3.05, 3.63) is 15.8 Å². The predicted octanol–water partition coefficient (Wildman–Crippen LogP) is 1.28. The molecule has 0 radical (unpaired) electrons. The van der Waals surface area contributed by atoms with E-state index in [2.05, 4.69) is 5.10 Å². The number of piperidine rings is 1. The molecule has 8 nitrogen and oxygen atoms in total. The second-order valence-electron chi connectivity index (χ2n) is 5.16. The van der Waals surface area contributed by atoms with Gasteiger partial charge in [-0.1, -0.05) is 6.92 Å². The van der Waals surface area contributed by atoms with Gasteiger partial charge in [-0.25, -0.2) is 4.68 Å². The smallest absolute Gasteiger partial charge is 0.334 e. The fraction of sp³-hybridized carbons (Fsp3) is 0.692. The second-order valence-corrected chi connectivity index (χ2v) is 5.16. The van der Waals surface area contributed by atoms with E-state index >= 15 is 0 Å². The largest absolute Gasteiger partial charge is 0.469 e. The van der Waals surface area contributed by atoms with Crippen LogP contribution in [-0.2, 0) is 23.0 Å². The second kappa shape index (κ2) is 6.11. The van der Waals surface area contributed by atoms with Crippen LogP contribution in [0.4, 0.5) is 11.5 Å². The van der Waals surface area contributed by atoms with E-state index < -0.39 is 0 Å². The van der Waals surface area contributed by atoms with E-state index in [1.807, 2.05) is 11.8 Å². The van der Waals surface area contributed by atoms with Gasteiger partial charge in [0.05, 0.1) is 18.0 Å². The zero-order chi connectivity index (χ0) is 15.6. The number of nitro groups is 1. The Kier molecular flexibility index (Phi) is 4.44. The number of aryl methyl sites for hydroxylation is 2. The lowest BCUT2D eigenvalue weighted by molar-refractivity contribution is -0.384. The molecule has 0 saturated carbocycles. The van der Waals surface area contributed by atoms with E-state index in [0.717, 1.165) is 12.8 Å². The van der Waals surface area contributed by atoms with Crippen LogP contribution in [0.2, 0.25) is 0 Å². The average Bonchev–Trinajstić information content (AvgIpc) is 2.83. The summed E-state index contributed by atoms with van der Waals surface area (Å²) in [6, 6.07) is 0. The van der Waals surface area contributed by atoms with Gasteiger partial charge in [0.25, 0.3) is 0 Å². The van der Waals surface area contributed by atoms with Crippen molar-refractivity contribution < 1.29 is 14.5 Å². The number of esters is 1. The lowest BCUT2D eigenvalue weighted by atomic mass is 9.98. The Morgan fingerprint density at radius 2 is 2.29 bits per heavy atom. The highest BCUT2D eigenvalue weighted by molar-refractivity contribution is 5.74. The zero-order valence-corrected chi connectivity index (χ0v) is 12.5. The lowest BCUT2D eigenvalue weighted by Gasteiger charge is -2.32. The SMILES string of the molecule is CCc1nn(C)c(N2CCCC(C(=O)OC)C2)c1[N+](=O)[O-]. The summed E-state index contributed by atoms with van der Waals surface area (Å²) in [7, 11) is 3.06. The highest BCUT2D eigenvalue weighted by Gasteiger charge is 2.34. The molecule has 8 heteroatoms. The van der Waals surface area contributed by atoms with Crippen molar-refractivity contribution in [1.82, 2.24) is 9.78 Å². The number of aromatic nitrogens is 2. The van der Waals surface area contributed by atoms with Gasteiger partial charge in [0.15, 0.2) is 0 Å². The number of ether oxygens (including phenoxy) is 1. The number of nitrogens with zero attached hydrogens (tertiary/aromatic N) is 4. The molecule has 1 aromatic rings. The van der Waals surface area contributed by atoms with Crippen molar-refractivity contribution in [2.24, 2.45) is 13.0 Å². The molecule has 1 aliphatic heterocycles. The lowest BCUT2D eigenvalue weighted by Crippen LogP contribution is -2.40. The number of carbonyl (C=O) groups is 1. The third kappa shape index (κ3) is 2.84. The van der Waals surface area contributed by atoms with E-state index in [9.17, 15) is 14.9 Å². The molecule has 1 atom stereocenters. The van der Waals surface area contributed by atoms with Gasteiger partial charge in [0, 0.05) is 20.1 Å². The molecule has 0 aromatic carbocycles. The molecule has 0 N–H and O–H groups in total. The third-order valence-corrected chi connectivity index (χ3v) is 3.84. The van der Waals surface area contributed by atoms with E-state index in [0.29, 0.717) is 31.0 Å². The van der Waals surface area contributed by atoms with Crippen LogP contribution in [0.15, 0.2) is 0 Å². The standard InChI is InChI=1S/C13H20N4O4/c1-4-10-11(17(19)20)12(15(2)14-10)16-7-5-6-9(8-16)13(18)21-3/h9H,4-8H2,1-3H3. The number of carbonyl (C=O) groups excluding carboxylic acids is 1. The number of anilines is 1. The molecule has 0 bridgehead atoms. The van der Waals surface area contributed by atoms with Gasteiger partial charge in [-0.2, -0.15) is 5.10 Å². The van der Waals surface area contributed by atoms with Gasteiger partial charge < -0.3 is 9.64 Å². The summed E-state index contributed by atoms with van der Waals surface area (Å²) >= 11 is 0. The van der Waals surface area contributed by atoms with Crippen molar-refractivity contribution in [3.8, 4) is 0 Å². The molecule has 1 fully saturated rings. The first-order valence-electron chi connectivity index (χ1n) is 7.02. The van der Waals surface area contributed by atoms with Crippen LogP contribution < -0.4 is 4.90 Å². The van der Waals surface area contributed by atoms with Crippen molar-refractivity contribution in [1.29, 1.82) is 0 Å². The Morgan fingerprint density at radius 3 is 2.86 bits per heavy atom. The van der Waals surface area contributed by atoms with Gasteiger partial charge in [-0.3, -0.25) is 14.9 Å². The monoisotopic (exact) mass is 296 g/mol. The first-order valence-corrected chi connectivity index (χ1v) is 7.02. The topological polar surface area (TPSA) is 90.5 Å². The molecule has 1 saturated heterocycles. The van der Waals surface area contributed by atoms with Crippen molar-refractivity contribution in [3.63, 3.8) is 0 Å². The summed E-state index contributed by atoms with van der Waals surface area (Å²) in [6.07, 6.45) is 2.04. The average molecular weight is 296 g/mol. The molecule has 1 aromatic heterocycles. The third-order valence-electron chi connectivity index (χ3n) is 3.84. The number of hydrogen-bond acceptors (Lipinski definition) is 6. The number of hydrogen-bond donors (Lipinski definition) is 0. The summed E-state index contributed by atoms with van der Waals surface area (Å²) in [6.45, 7) is 2.94. The summed E-state index contributed by atoms with van der Waals surface area (Å²) < 4.78 is 6.32. The zero-order valence-electron chi connectivity index (χ0n) is 12.5. The highest BCUT2D eigenvalue weighted by Crippen LogP contribution is 2.34. The Bertz CT molecular complexity index is 555. The fourth-order valence-corrected chi connectivity index (χ4v) is 2.87. The first kappa shape index (κ1) is 15.3. The van der Waals surface area contributed by atoms with Crippen molar-refractivity contribution in [2.75, 3.05) is 25.1 Å². The Morgan fingerprint density at radius 1 is 1.57 bits per heavy atom. The number of rotatable bonds is 4. The maximum Gasteiger partial charge on any atom is 0.334 e. The molecule has 21 heavy (non-hydrogen) atoms. The molecule has 0 aliphatic carbocycles. The molecule has 0 spiro atoms. The van der Waals surface area contributed by atoms with Gasteiger partial charge in [0.2, 0.25) is 5.82 Å². The molecule has 0 amide bonds. The summed E-state index contributed by atoms with van der Waals surface area (Å²) in [5.74, 6) is -0.0333. The Balaban J connectivity index is 2.35. The summed E-state index contributed by atoms with van der Waals surface area (Å²) in [4.78, 5) is 24.6. The number of methoxy groups -OCH3 is 1. The molecule has 1 aliphatic rings. The Labute approximate surface area is 122 Å². The highest BCUT2D eigenvalue weighted by atomic mass is 16.6. The summed E-state index contributed by atoms with van der Waals surface area (Å²) in [5.41, 5.74) is 0.517. The minimum Gasteiger partial charge on any atom is -0.469 e. The van der Waals surface area contributed by atoms with Crippen LogP contribution in [0.3, 0.4) is 0 Å². The van der Waals surface area contributed by atoms with Crippen molar-refractivity contribution in [2.45, 2.75) is 26.2 Å². The van der Waals surface area contributed by atoms with Gasteiger partial charge in [-0.05, 0) is 19.3 Å². The molecular weight excluding hydrogens is 276 g/mol. The first-order chi connectivity index (χ1) is 9.99. The quantitative estimate of drug-likeness (QED) is 0.472. The van der Waals surface area contributed by atoms with Crippen LogP contribution in [0, 0.1) is 16.0 Å². The van der Waals surface area contributed by atoms with Crippen LogP contribution >= 0.6 is 0 Å².